The quantitative estimate of drug-likeness (QED) is 0.802. The van der Waals surface area contributed by atoms with Gasteiger partial charge in [-0.3, -0.25) is 0 Å². The second-order valence-electron chi connectivity index (χ2n) is 4.91. The van der Waals surface area contributed by atoms with Crippen LogP contribution >= 0.6 is 0 Å². The maximum absolute atomic E-state index is 12.4. The Kier molecular flexibility index (Phi) is 4.23. The molecule has 4 nitrogen and oxygen atoms in total. The summed E-state index contributed by atoms with van der Waals surface area (Å²) in [6.07, 6.45) is 2.79. The third-order valence-electron chi connectivity index (χ3n) is 3.19. The second kappa shape index (κ2) is 5.72. The van der Waals surface area contributed by atoms with Crippen molar-refractivity contribution in [1.82, 2.24) is 4.31 Å². The number of nitriles is 1. The van der Waals surface area contributed by atoms with E-state index in [9.17, 15) is 8.42 Å². The molecule has 0 bridgehead atoms. The molecule has 0 heterocycles. The molecule has 0 N–H and O–H groups in total. The van der Waals surface area contributed by atoms with Crippen LogP contribution in [0.3, 0.4) is 0 Å². The van der Waals surface area contributed by atoms with E-state index in [-0.39, 0.29) is 11.8 Å². The molecule has 1 fully saturated rings. The number of hydrogen-bond acceptors (Lipinski definition) is 3. The van der Waals surface area contributed by atoms with Gasteiger partial charge in [-0.1, -0.05) is 19.1 Å². The molecule has 2 rings (SSSR count). The lowest BCUT2D eigenvalue weighted by atomic mass is 10.2. The zero-order valence-corrected chi connectivity index (χ0v) is 11.9. The molecule has 0 spiro atoms. The monoisotopic (exact) mass is 278 g/mol. The summed E-state index contributed by atoms with van der Waals surface area (Å²) in [5.41, 5.74) is 1.29. The molecule has 1 aliphatic rings. The van der Waals surface area contributed by atoms with Crippen LogP contribution in [0, 0.1) is 11.3 Å². The third-order valence-corrected chi connectivity index (χ3v) is 5.08. The molecule has 1 aromatic carbocycles. The SMILES string of the molecule is CCCN(C1CC1)S(=O)(=O)Cc1ccc(C#N)cc1. The minimum Gasteiger partial charge on any atom is -0.212 e. The first kappa shape index (κ1) is 14.0. The highest BCUT2D eigenvalue weighted by Crippen LogP contribution is 2.30. The molecular weight excluding hydrogens is 260 g/mol. The zero-order valence-electron chi connectivity index (χ0n) is 11.0. The van der Waals surface area contributed by atoms with Gasteiger partial charge in [0.25, 0.3) is 0 Å². The maximum Gasteiger partial charge on any atom is 0.218 e. The van der Waals surface area contributed by atoms with Crippen molar-refractivity contribution in [2.24, 2.45) is 0 Å². The van der Waals surface area contributed by atoms with Crippen molar-refractivity contribution in [2.45, 2.75) is 38.0 Å². The Bertz CT molecular complexity index is 568. The minimum absolute atomic E-state index is 0.0230. The molecule has 5 heteroatoms. The normalized spacial score (nSPS) is 15.4. The van der Waals surface area contributed by atoms with Crippen LogP contribution in [0.1, 0.15) is 37.3 Å². The van der Waals surface area contributed by atoms with Crippen molar-refractivity contribution in [1.29, 1.82) is 5.26 Å². The Hall–Kier alpha value is -1.38. The zero-order chi connectivity index (χ0) is 13.9. The Morgan fingerprint density at radius 3 is 2.42 bits per heavy atom. The average Bonchev–Trinajstić information content (AvgIpc) is 3.20. The van der Waals surface area contributed by atoms with Crippen molar-refractivity contribution in [3.8, 4) is 6.07 Å². The van der Waals surface area contributed by atoms with Gasteiger partial charge in [0, 0.05) is 12.6 Å². The standard InChI is InChI=1S/C14H18N2O2S/c1-2-9-16(14-7-8-14)19(17,18)11-13-5-3-12(10-15)4-6-13/h3-6,14H,2,7-9,11H2,1H3. The summed E-state index contributed by atoms with van der Waals surface area (Å²) in [6.45, 7) is 2.59. The van der Waals surface area contributed by atoms with Gasteiger partial charge >= 0.3 is 0 Å². The molecule has 0 aliphatic heterocycles. The van der Waals surface area contributed by atoms with Crippen LogP contribution in [-0.4, -0.2) is 25.3 Å². The molecule has 0 amide bonds. The van der Waals surface area contributed by atoms with E-state index < -0.39 is 10.0 Å². The van der Waals surface area contributed by atoms with Crippen LogP contribution < -0.4 is 0 Å². The van der Waals surface area contributed by atoms with Gasteiger partial charge in [0.05, 0.1) is 17.4 Å². The van der Waals surface area contributed by atoms with Crippen LogP contribution in [0.25, 0.3) is 0 Å². The van der Waals surface area contributed by atoms with E-state index in [1.165, 1.54) is 0 Å². The second-order valence-corrected chi connectivity index (χ2v) is 6.83. The first-order valence-electron chi connectivity index (χ1n) is 6.55. The topological polar surface area (TPSA) is 61.2 Å². The predicted molar refractivity (Wildman–Crippen MR) is 73.8 cm³/mol. The summed E-state index contributed by atoms with van der Waals surface area (Å²) in [6, 6.07) is 8.99. The molecule has 1 saturated carbocycles. The lowest BCUT2D eigenvalue weighted by molar-refractivity contribution is 0.402. The lowest BCUT2D eigenvalue weighted by Gasteiger charge is -2.21. The van der Waals surface area contributed by atoms with Gasteiger partial charge in [-0.15, -0.1) is 0 Å². The summed E-state index contributed by atoms with van der Waals surface area (Å²) >= 11 is 0. The first-order valence-corrected chi connectivity index (χ1v) is 8.16. The van der Waals surface area contributed by atoms with Crippen molar-refractivity contribution in [3.05, 3.63) is 35.4 Å². The molecule has 0 unspecified atom stereocenters. The van der Waals surface area contributed by atoms with Gasteiger partial charge in [-0.25, -0.2) is 8.42 Å². The number of nitrogens with zero attached hydrogens (tertiary/aromatic N) is 2. The molecule has 0 radical (unpaired) electrons. The maximum atomic E-state index is 12.4. The van der Waals surface area contributed by atoms with Crippen molar-refractivity contribution < 1.29 is 8.42 Å². The van der Waals surface area contributed by atoms with E-state index in [0.717, 1.165) is 24.8 Å². The molecule has 1 aliphatic carbocycles. The van der Waals surface area contributed by atoms with Gasteiger partial charge < -0.3 is 0 Å². The van der Waals surface area contributed by atoms with E-state index in [2.05, 4.69) is 0 Å². The highest BCUT2D eigenvalue weighted by atomic mass is 32.2. The van der Waals surface area contributed by atoms with Gasteiger partial charge in [-0.2, -0.15) is 9.57 Å². The fraction of sp³-hybridized carbons (Fsp3) is 0.500. The predicted octanol–water partition coefficient (Wildman–Crippen LogP) is 2.26. The third kappa shape index (κ3) is 3.55. The highest BCUT2D eigenvalue weighted by molar-refractivity contribution is 7.88. The Morgan fingerprint density at radius 1 is 1.32 bits per heavy atom. The van der Waals surface area contributed by atoms with Crippen LogP contribution in [0.2, 0.25) is 0 Å². The Morgan fingerprint density at radius 2 is 1.95 bits per heavy atom. The van der Waals surface area contributed by atoms with Gasteiger partial charge in [0.15, 0.2) is 0 Å². The van der Waals surface area contributed by atoms with Gasteiger partial charge in [-0.05, 0) is 37.0 Å². The van der Waals surface area contributed by atoms with Gasteiger partial charge in [0.1, 0.15) is 0 Å². The molecule has 1 aromatic rings. The van der Waals surface area contributed by atoms with Crippen molar-refractivity contribution in [3.63, 3.8) is 0 Å². The van der Waals surface area contributed by atoms with Gasteiger partial charge in [0.2, 0.25) is 10.0 Å². The fourth-order valence-electron chi connectivity index (χ4n) is 2.10. The largest absolute Gasteiger partial charge is 0.218 e. The van der Waals surface area contributed by atoms with Crippen molar-refractivity contribution in [2.75, 3.05) is 6.54 Å². The van der Waals surface area contributed by atoms with Crippen molar-refractivity contribution >= 4 is 10.0 Å². The van der Waals surface area contributed by atoms with Crippen LogP contribution in [0.15, 0.2) is 24.3 Å². The van der Waals surface area contributed by atoms with E-state index in [0.29, 0.717) is 12.1 Å². The molecule has 0 saturated heterocycles. The molecule has 102 valence electrons. The summed E-state index contributed by atoms with van der Waals surface area (Å²) in [7, 11) is -3.24. The van der Waals surface area contributed by atoms with Crippen LogP contribution in [0.5, 0.6) is 0 Å². The molecule has 0 aromatic heterocycles. The minimum atomic E-state index is -3.24. The number of benzene rings is 1. The van der Waals surface area contributed by atoms with Crippen LogP contribution in [0.4, 0.5) is 0 Å². The summed E-state index contributed by atoms with van der Waals surface area (Å²) in [4.78, 5) is 0. The Labute approximate surface area is 114 Å². The van der Waals surface area contributed by atoms with E-state index in [1.54, 1.807) is 28.6 Å². The number of sulfonamides is 1. The van der Waals surface area contributed by atoms with E-state index >= 15 is 0 Å². The lowest BCUT2D eigenvalue weighted by Crippen LogP contribution is -2.34. The van der Waals surface area contributed by atoms with E-state index in [1.807, 2.05) is 13.0 Å². The number of hydrogen-bond donors (Lipinski definition) is 0. The fourth-order valence-corrected chi connectivity index (χ4v) is 4.01. The first-order chi connectivity index (χ1) is 9.06. The molecular formula is C14H18N2O2S. The smallest absolute Gasteiger partial charge is 0.212 e. The summed E-state index contributed by atoms with van der Waals surface area (Å²) < 4.78 is 26.4. The number of rotatable bonds is 6. The molecule has 0 atom stereocenters. The van der Waals surface area contributed by atoms with Crippen LogP contribution in [-0.2, 0) is 15.8 Å². The summed E-state index contributed by atoms with van der Waals surface area (Å²) in [5, 5.41) is 8.72. The summed E-state index contributed by atoms with van der Waals surface area (Å²) in [5.74, 6) is 0.0230. The van der Waals surface area contributed by atoms with E-state index in [4.69, 9.17) is 5.26 Å². The molecule has 19 heavy (non-hydrogen) atoms. The average molecular weight is 278 g/mol. The Balaban J connectivity index is 2.12. The highest BCUT2D eigenvalue weighted by Gasteiger charge is 2.36.